The minimum Gasteiger partial charge on any atom is -0.426 e. The van der Waals surface area contributed by atoms with E-state index in [4.69, 9.17) is 9.47 Å². The molecule has 74 valence electrons. The van der Waals surface area contributed by atoms with Crippen molar-refractivity contribution >= 4 is 5.97 Å². The lowest BCUT2D eigenvalue weighted by Crippen LogP contribution is -2.05. The van der Waals surface area contributed by atoms with Crippen LogP contribution in [0.4, 0.5) is 0 Å². The van der Waals surface area contributed by atoms with Gasteiger partial charge in [-0.2, -0.15) is 0 Å². The van der Waals surface area contributed by atoms with E-state index in [0.717, 1.165) is 18.6 Å². The van der Waals surface area contributed by atoms with Gasteiger partial charge in [0.1, 0.15) is 5.75 Å². The van der Waals surface area contributed by atoms with Crippen molar-refractivity contribution in [1.29, 1.82) is 0 Å². The maximum Gasteiger partial charge on any atom is 0.308 e. The SMILES string of the molecule is CC(=O)Oc1ccccc1CC1CO1. The molecule has 0 bridgehead atoms. The van der Waals surface area contributed by atoms with Crippen LogP contribution in [-0.4, -0.2) is 18.7 Å². The van der Waals surface area contributed by atoms with Crippen molar-refractivity contribution in [2.75, 3.05) is 6.61 Å². The Morgan fingerprint density at radius 1 is 1.57 bits per heavy atom. The number of epoxide rings is 1. The van der Waals surface area contributed by atoms with Crippen molar-refractivity contribution in [2.45, 2.75) is 19.4 Å². The molecule has 1 aliphatic heterocycles. The second-order valence-electron chi connectivity index (χ2n) is 3.36. The third-order valence-electron chi connectivity index (χ3n) is 2.08. The van der Waals surface area contributed by atoms with E-state index >= 15 is 0 Å². The first-order valence-electron chi connectivity index (χ1n) is 4.63. The highest BCUT2D eigenvalue weighted by molar-refractivity contribution is 5.69. The Morgan fingerprint density at radius 3 is 2.93 bits per heavy atom. The topological polar surface area (TPSA) is 38.8 Å². The van der Waals surface area contributed by atoms with Gasteiger partial charge in [0, 0.05) is 13.3 Å². The van der Waals surface area contributed by atoms with Crippen molar-refractivity contribution in [1.82, 2.24) is 0 Å². The third-order valence-corrected chi connectivity index (χ3v) is 2.08. The van der Waals surface area contributed by atoms with Crippen LogP contribution in [0.3, 0.4) is 0 Å². The van der Waals surface area contributed by atoms with Crippen LogP contribution < -0.4 is 4.74 Å². The van der Waals surface area contributed by atoms with Crippen LogP contribution >= 0.6 is 0 Å². The first-order chi connectivity index (χ1) is 6.75. The van der Waals surface area contributed by atoms with Crippen LogP contribution in [0.25, 0.3) is 0 Å². The van der Waals surface area contributed by atoms with Crippen molar-refractivity contribution in [3.05, 3.63) is 29.8 Å². The molecule has 0 amide bonds. The molecule has 3 nitrogen and oxygen atoms in total. The number of benzene rings is 1. The van der Waals surface area contributed by atoms with E-state index in [9.17, 15) is 4.79 Å². The average Bonchev–Trinajstić information content (AvgIpc) is 2.91. The summed E-state index contributed by atoms with van der Waals surface area (Å²) in [5, 5.41) is 0. The Morgan fingerprint density at radius 2 is 2.29 bits per heavy atom. The molecule has 1 saturated heterocycles. The largest absolute Gasteiger partial charge is 0.426 e. The molecule has 2 rings (SSSR count). The van der Waals surface area contributed by atoms with Gasteiger partial charge in [0.05, 0.1) is 12.7 Å². The molecule has 1 aromatic rings. The number of rotatable bonds is 3. The minimum absolute atomic E-state index is 0.283. The van der Waals surface area contributed by atoms with Crippen LogP contribution in [0.2, 0.25) is 0 Å². The van der Waals surface area contributed by atoms with Crippen LogP contribution in [0.1, 0.15) is 12.5 Å². The first kappa shape index (κ1) is 9.21. The highest BCUT2D eigenvalue weighted by Gasteiger charge is 2.24. The Labute approximate surface area is 82.6 Å². The van der Waals surface area contributed by atoms with Gasteiger partial charge in [-0.1, -0.05) is 18.2 Å². The lowest BCUT2D eigenvalue weighted by molar-refractivity contribution is -0.131. The molecule has 0 N–H and O–H groups in total. The van der Waals surface area contributed by atoms with Gasteiger partial charge in [0.15, 0.2) is 0 Å². The van der Waals surface area contributed by atoms with Gasteiger partial charge in [0.25, 0.3) is 0 Å². The van der Waals surface area contributed by atoms with Gasteiger partial charge < -0.3 is 9.47 Å². The van der Waals surface area contributed by atoms with Gasteiger partial charge >= 0.3 is 5.97 Å². The minimum atomic E-state index is -0.283. The molecule has 0 aliphatic carbocycles. The maximum absolute atomic E-state index is 10.8. The summed E-state index contributed by atoms with van der Waals surface area (Å²) in [6.07, 6.45) is 1.13. The molecule has 1 unspecified atom stereocenters. The molecule has 1 heterocycles. The molecular formula is C11H12O3. The fourth-order valence-corrected chi connectivity index (χ4v) is 1.36. The van der Waals surface area contributed by atoms with Crippen LogP contribution in [-0.2, 0) is 16.0 Å². The summed E-state index contributed by atoms with van der Waals surface area (Å²) < 4.78 is 10.2. The number of carbonyl (C=O) groups excluding carboxylic acids is 1. The summed E-state index contributed by atoms with van der Waals surface area (Å²) in [4.78, 5) is 10.8. The second-order valence-corrected chi connectivity index (χ2v) is 3.36. The average molecular weight is 192 g/mol. The van der Waals surface area contributed by atoms with Gasteiger partial charge in [-0.25, -0.2) is 0 Å². The van der Waals surface area contributed by atoms with Gasteiger partial charge in [-0.3, -0.25) is 4.79 Å². The fourth-order valence-electron chi connectivity index (χ4n) is 1.36. The normalized spacial score (nSPS) is 19.1. The highest BCUT2D eigenvalue weighted by atomic mass is 16.6. The van der Waals surface area contributed by atoms with Crippen LogP contribution in [0.5, 0.6) is 5.75 Å². The van der Waals surface area contributed by atoms with Gasteiger partial charge in [-0.15, -0.1) is 0 Å². The van der Waals surface area contributed by atoms with E-state index in [1.54, 1.807) is 6.07 Å². The summed E-state index contributed by atoms with van der Waals surface area (Å²) in [6, 6.07) is 7.55. The number of hydrogen-bond acceptors (Lipinski definition) is 3. The van der Waals surface area contributed by atoms with E-state index in [0.29, 0.717) is 11.9 Å². The molecule has 0 saturated carbocycles. The molecule has 1 aliphatic rings. The third kappa shape index (κ3) is 2.33. The van der Waals surface area contributed by atoms with Gasteiger partial charge in [0.2, 0.25) is 0 Å². The molecule has 1 fully saturated rings. The summed E-state index contributed by atoms with van der Waals surface area (Å²) in [5.41, 5.74) is 1.03. The molecule has 0 aromatic heterocycles. The monoisotopic (exact) mass is 192 g/mol. The highest BCUT2D eigenvalue weighted by Crippen LogP contribution is 2.24. The van der Waals surface area contributed by atoms with Crippen molar-refractivity contribution in [3.8, 4) is 5.75 Å². The quantitative estimate of drug-likeness (QED) is 0.414. The Hall–Kier alpha value is -1.35. The number of esters is 1. The summed E-state index contributed by atoms with van der Waals surface area (Å²) >= 11 is 0. The summed E-state index contributed by atoms with van der Waals surface area (Å²) in [5.74, 6) is 0.365. The van der Waals surface area contributed by atoms with Crippen LogP contribution in [0.15, 0.2) is 24.3 Å². The zero-order valence-electron chi connectivity index (χ0n) is 8.03. The smallest absolute Gasteiger partial charge is 0.308 e. The molecule has 0 spiro atoms. The van der Waals surface area contributed by atoms with Crippen LogP contribution in [0, 0.1) is 0 Å². The van der Waals surface area contributed by atoms with Gasteiger partial charge in [-0.05, 0) is 11.6 Å². The summed E-state index contributed by atoms with van der Waals surface area (Å²) in [7, 11) is 0. The second kappa shape index (κ2) is 3.80. The number of para-hydroxylation sites is 1. The lowest BCUT2D eigenvalue weighted by atomic mass is 10.1. The molecule has 1 aromatic carbocycles. The van der Waals surface area contributed by atoms with E-state index in [1.165, 1.54) is 6.92 Å². The zero-order valence-corrected chi connectivity index (χ0v) is 8.03. The predicted octanol–water partition coefficient (Wildman–Crippen LogP) is 1.55. The lowest BCUT2D eigenvalue weighted by Gasteiger charge is -2.06. The Kier molecular flexibility index (Phi) is 2.50. The summed E-state index contributed by atoms with van der Waals surface area (Å²) in [6.45, 7) is 2.22. The first-order valence-corrected chi connectivity index (χ1v) is 4.63. The predicted molar refractivity (Wildman–Crippen MR) is 51.2 cm³/mol. The maximum atomic E-state index is 10.8. The molecular weight excluding hydrogens is 180 g/mol. The molecule has 14 heavy (non-hydrogen) atoms. The van der Waals surface area contributed by atoms with E-state index in [-0.39, 0.29) is 5.97 Å². The Bertz CT molecular complexity index is 342. The Balaban J connectivity index is 2.14. The van der Waals surface area contributed by atoms with E-state index in [1.807, 2.05) is 18.2 Å². The number of carbonyl (C=O) groups is 1. The molecule has 3 heteroatoms. The zero-order chi connectivity index (χ0) is 9.97. The fraction of sp³-hybridized carbons (Fsp3) is 0.364. The number of hydrogen-bond donors (Lipinski definition) is 0. The van der Waals surface area contributed by atoms with Crippen molar-refractivity contribution in [2.24, 2.45) is 0 Å². The van der Waals surface area contributed by atoms with E-state index in [2.05, 4.69) is 0 Å². The molecule has 0 radical (unpaired) electrons. The van der Waals surface area contributed by atoms with E-state index < -0.39 is 0 Å². The molecule has 1 atom stereocenters. The van der Waals surface area contributed by atoms with Crippen molar-refractivity contribution < 1.29 is 14.3 Å². The standard InChI is InChI=1S/C11H12O3/c1-8(12)14-11-5-3-2-4-9(11)6-10-7-13-10/h2-5,10H,6-7H2,1H3. The van der Waals surface area contributed by atoms with Crippen molar-refractivity contribution in [3.63, 3.8) is 0 Å². The number of ether oxygens (including phenoxy) is 2.